The van der Waals surface area contributed by atoms with Gasteiger partial charge in [-0.3, -0.25) is 18.6 Å². The molecule has 0 amide bonds. The first-order valence-electron chi connectivity index (χ1n) is 26.6. The summed E-state index contributed by atoms with van der Waals surface area (Å²) in [6.45, 7) is 2.43. The fraction of sp³-hybridized carbons (Fsp3) is 0.923. The number of allylic oxidation sites excluding steroid dienone is 2. The SMILES string of the molecule is CCCCCC/C=C/CCCCCCCCCCCC(=O)O[C@@H](COC(=O)CCCCCCCCCCCCCCCCCCCCCCCCC)COP(=O)(O)OC[C@H](O)CO. The maximum Gasteiger partial charge on any atom is 0.472 e. The van der Waals surface area contributed by atoms with Crippen LogP contribution in [0.25, 0.3) is 0 Å². The average molecular weight is 917 g/mol. The average Bonchev–Trinajstić information content (AvgIpc) is 3.27. The van der Waals surface area contributed by atoms with E-state index in [4.69, 9.17) is 23.6 Å². The highest BCUT2D eigenvalue weighted by molar-refractivity contribution is 7.47. The zero-order valence-corrected chi connectivity index (χ0v) is 42.0. The summed E-state index contributed by atoms with van der Waals surface area (Å²) in [6.07, 6.45) is 50.4. The molecular formula is C52H101O10P. The summed E-state index contributed by atoms with van der Waals surface area (Å²) in [6, 6.07) is 0. The molecule has 0 aromatic rings. The van der Waals surface area contributed by atoms with E-state index in [1.54, 1.807) is 0 Å². The molecule has 374 valence electrons. The molecule has 0 rings (SSSR count). The van der Waals surface area contributed by atoms with Crippen LogP contribution in [-0.2, 0) is 32.7 Å². The number of carbonyl (C=O) groups excluding carboxylic acids is 2. The largest absolute Gasteiger partial charge is 0.472 e. The molecular weight excluding hydrogens is 816 g/mol. The standard InChI is InChI=1S/C52H101O10P/c1-3-5-7-9-11-13-15-17-19-21-22-23-24-25-26-28-29-31-33-35-37-39-41-43-51(55)59-47-50(48-61-63(57,58)60-46-49(54)45-53)62-52(56)44-42-40-38-36-34-32-30-27-20-18-16-14-12-10-8-6-4-2/h14,16,49-50,53-54H,3-13,15,17-48H2,1-2H3,(H,57,58)/b16-14+/t49-,50+/m1/s1. The van der Waals surface area contributed by atoms with Gasteiger partial charge in [-0.05, 0) is 38.5 Å². The van der Waals surface area contributed by atoms with Crippen molar-refractivity contribution in [2.45, 2.75) is 283 Å². The number of carbonyl (C=O) groups is 2. The van der Waals surface area contributed by atoms with Gasteiger partial charge in [-0.25, -0.2) is 4.57 Å². The van der Waals surface area contributed by atoms with Crippen molar-refractivity contribution in [3.05, 3.63) is 12.2 Å². The lowest BCUT2D eigenvalue weighted by molar-refractivity contribution is -0.161. The maximum absolute atomic E-state index is 12.7. The van der Waals surface area contributed by atoms with Crippen molar-refractivity contribution >= 4 is 19.8 Å². The number of ether oxygens (including phenoxy) is 2. The van der Waals surface area contributed by atoms with Crippen LogP contribution < -0.4 is 0 Å². The number of rotatable bonds is 51. The molecule has 0 saturated carbocycles. The minimum absolute atomic E-state index is 0.187. The fourth-order valence-corrected chi connectivity index (χ4v) is 8.60. The predicted molar refractivity (Wildman–Crippen MR) is 261 cm³/mol. The number of phosphoric acid groups is 1. The Morgan fingerprint density at radius 2 is 0.778 bits per heavy atom. The normalized spacial score (nSPS) is 13.7. The molecule has 0 aliphatic carbocycles. The van der Waals surface area contributed by atoms with Crippen LogP contribution in [0.3, 0.4) is 0 Å². The van der Waals surface area contributed by atoms with Gasteiger partial charge in [0.1, 0.15) is 12.7 Å². The molecule has 0 spiro atoms. The van der Waals surface area contributed by atoms with Crippen LogP contribution >= 0.6 is 7.82 Å². The quantitative estimate of drug-likeness (QED) is 0.0233. The minimum Gasteiger partial charge on any atom is -0.462 e. The van der Waals surface area contributed by atoms with Crippen LogP contribution in [-0.4, -0.2) is 65.7 Å². The van der Waals surface area contributed by atoms with E-state index in [2.05, 4.69) is 26.0 Å². The molecule has 0 aliphatic heterocycles. The van der Waals surface area contributed by atoms with E-state index in [-0.39, 0.29) is 19.4 Å². The molecule has 63 heavy (non-hydrogen) atoms. The third kappa shape index (κ3) is 48.5. The smallest absolute Gasteiger partial charge is 0.462 e. The Kier molecular flexibility index (Phi) is 47.6. The zero-order valence-electron chi connectivity index (χ0n) is 41.1. The van der Waals surface area contributed by atoms with Crippen molar-refractivity contribution < 1.29 is 47.8 Å². The third-order valence-electron chi connectivity index (χ3n) is 11.9. The summed E-state index contributed by atoms with van der Waals surface area (Å²) in [4.78, 5) is 35.2. The number of hydrogen-bond acceptors (Lipinski definition) is 9. The molecule has 0 saturated heterocycles. The van der Waals surface area contributed by atoms with E-state index in [0.717, 1.165) is 32.1 Å². The predicted octanol–water partition coefficient (Wildman–Crippen LogP) is 15.1. The highest BCUT2D eigenvalue weighted by Gasteiger charge is 2.27. The van der Waals surface area contributed by atoms with Crippen molar-refractivity contribution in [2.75, 3.05) is 26.4 Å². The molecule has 0 radical (unpaired) electrons. The summed E-state index contributed by atoms with van der Waals surface area (Å²) in [5.41, 5.74) is 0. The van der Waals surface area contributed by atoms with E-state index in [1.807, 2.05) is 0 Å². The second-order valence-corrected chi connectivity index (χ2v) is 19.7. The van der Waals surface area contributed by atoms with E-state index >= 15 is 0 Å². The number of unbranched alkanes of at least 4 members (excludes halogenated alkanes) is 35. The lowest BCUT2D eigenvalue weighted by Gasteiger charge is -2.20. The highest BCUT2D eigenvalue weighted by Crippen LogP contribution is 2.43. The topological polar surface area (TPSA) is 149 Å². The van der Waals surface area contributed by atoms with Gasteiger partial charge in [-0.15, -0.1) is 0 Å². The van der Waals surface area contributed by atoms with E-state index in [0.29, 0.717) is 12.8 Å². The number of esters is 2. The lowest BCUT2D eigenvalue weighted by Crippen LogP contribution is -2.29. The second kappa shape index (κ2) is 48.6. The number of aliphatic hydroxyl groups is 2. The molecule has 11 heteroatoms. The monoisotopic (exact) mass is 917 g/mol. The Morgan fingerprint density at radius 1 is 0.460 bits per heavy atom. The van der Waals surface area contributed by atoms with Crippen LogP contribution in [0.5, 0.6) is 0 Å². The molecule has 3 atom stereocenters. The Labute approximate surface area is 387 Å². The number of aliphatic hydroxyl groups excluding tert-OH is 2. The van der Waals surface area contributed by atoms with Crippen LogP contribution in [0.15, 0.2) is 12.2 Å². The number of phosphoric ester groups is 1. The Morgan fingerprint density at radius 3 is 1.16 bits per heavy atom. The molecule has 0 fully saturated rings. The summed E-state index contributed by atoms with van der Waals surface area (Å²) < 4.78 is 32.9. The molecule has 10 nitrogen and oxygen atoms in total. The molecule has 1 unspecified atom stereocenters. The molecule has 0 bridgehead atoms. The van der Waals surface area contributed by atoms with Crippen LogP contribution in [0.4, 0.5) is 0 Å². The van der Waals surface area contributed by atoms with E-state index < -0.39 is 51.8 Å². The van der Waals surface area contributed by atoms with Crippen molar-refractivity contribution in [2.24, 2.45) is 0 Å². The van der Waals surface area contributed by atoms with Crippen LogP contribution in [0.2, 0.25) is 0 Å². The van der Waals surface area contributed by atoms with Crippen molar-refractivity contribution in [1.82, 2.24) is 0 Å². The summed E-state index contributed by atoms with van der Waals surface area (Å²) in [5.74, 6) is -0.909. The van der Waals surface area contributed by atoms with Gasteiger partial charge in [0, 0.05) is 12.8 Å². The maximum atomic E-state index is 12.7. The Bertz CT molecular complexity index is 1060. The molecule has 0 heterocycles. The first kappa shape index (κ1) is 61.7. The van der Waals surface area contributed by atoms with Gasteiger partial charge < -0.3 is 24.6 Å². The molecule has 3 N–H and O–H groups in total. The van der Waals surface area contributed by atoms with Gasteiger partial charge in [0.25, 0.3) is 0 Å². The first-order valence-corrected chi connectivity index (χ1v) is 28.1. The van der Waals surface area contributed by atoms with Crippen molar-refractivity contribution in [3.8, 4) is 0 Å². The van der Waals surface area contributed by atoms with E-state index in [1.165, 1.54) is 199 Å². The summed E-state index contributed by atoms with van der Waals surface area (Å²) >= 11 is 0. The van der Waals surface area contributed by atoms with Gasteiger partial charge in [-0.1, -0.05) is 231 Å². The third-order valence-corrected chi connectivity index (χ3v) is 12.9. The lowest BCUT2D eigenvalue weighted by atomic mass is 10.0. The first-order chi connectivity index (χ1) is 30.7. The van der Waals surface area contributed by atoms with E-state index in [9.17, 15) is 24.2 Å². The summed E-state index contributed by atoms with van der Waals surface area (Å²) in [5, 5.41) is 18.4. The Hall–Kier alpha value is -1.29. The molecule has 0 aliphatic rings. The van der Waals surface area contributed by atoms with Gasteiger partial charge in [0.05, 0.1) is 19.8 Å². The highest BCUT2D eigenvalue weighted by atomic mass is 31.2. The van der Waals surface area contributed by atoms with Gasteiger partial charge >= 0.3 is 19.8 Å². The second-order valence-electron chi connectivity index (χ2n) is 18.3. The molecule has 0 aromatic heterocycles. The van der Waals surface area contributed by atoms with Crippen LogP contribution in [0.1, 0.15) is 271 Å². The van der Waals surface area contributed by atoms with Crippen molar-refractivity contribution in [1.29, 1.82) is 0 Å². The van der Waals surface area contributed by atoms with Crippen molar-refractivity contribution in [3.63, 3.8) is 0 Å². The molecule has 0 aromatic carbocycles. The van der Waals surface area contributed by atoms with Gasteiger partial charge in [0.15, 0.2) is 6.10 Å². The van der Waals surface area contributed by atoms with Gasteiger partial charge in [0.2, 0.25) is 0 Å². The minimum atomic E-state index is -4.62. The fourth-order valence-electron chi connectivity index (χ4n) is 7.82. The summed E-state index contributed by atoms with van der Waals surface area (Å²) in [7, 11) is -4.62. The van der Waals surface area contributed by atoms with Gasteiger partial charge in [-0.2, -0.15) is 0 Å². The number of hydrogen-bond donors (Lipinski definition) is 3. The zero-order chi connectivity index (χ0) is 46.2. The Balaban J connectivity index is 4.09. The van der Waals surface area contributed by atoms with Crippen LogP contribution in [0, 0.1) is 0 Å².